The van der Waals surface area contributed by atoms with Gasteiger partial charge < -0.3 is 15.6 Å². The van der Waals surface area contributed by atoms with Gasteiger partial charge in [-0.05, 0) is 23.6 Å². The van der Waals surface area contributed by atoms with E-state index in [2.05, 4.69) is 21.7 Å². The van der Waals surface area contributed by atoms with Gasteiger partial charge in [-0.2, -0.15) is 0 Å². The standard InChI is InChI=1S/C21H23N3O2/c1-15(25)24-20(16-7-3-2-4-8-16)13-21(26)22-12-11-17-14-23-19-10-6-5-9-18(17)19/h2-10,14,20,23H,11-13H2,1H3,(H,22,26)(H,24,25). The van der Waals surface area contributed by atoms with Gasteiger partial charge in [-0.25, -0.2) is 0 Å². The predicted molar refractivity (Wildman–Crippen MR) is 103 cm³/mol. The number of fused-ring (bicyclic) bond motifs is 1. The Kier molecular flexibility index (Phi) is 5.69. The number of benzene rings is 2. The zero-order valence-corrected chi connectivity index (χ0v) is 14.8. The highest BCUT2D eigenvalue weighted by Crippen LogP contribution is 2.18. The molecule has 0 radical (unpaired) electrons. The molecule has 2 aromatic carbocycles. The molecule has 1 heterocycles. The minimum atomic E-state index is -0.318. The second-order valence-corrected chi connectivity index (χ2v) is 6.33. The molecule has 0 fully saturated rings. The fourth-order valence-electron chi connectivity index (χ4n) is 3.12. The van der Waals surface area contributed by atoms with Crippen molar-refractivity contribution >= 4 is 22.7 Å². The first-order chi connectivity index (χ1) is 12.6. The highest BCUT2D eigenvalue weighted by atomic mass is 16.2. The summed E-state index contributed by atoms with van der Waals surface area (Å²) in [6.45, 7) is 2.02. The number of H-pyrrole nitrogens is 1. The Morgan fingerprint density at radius 3 is 2.54 bits per heavy atom. The van der Waals surface area contributed by atoms with Crippen LogP contribution in [0.3, 0.4) is 0 Å². The summed E-state index contributed by atoms with van der Waals surface area (Å²) in [4.78, 5) is 27.0. The molecule has 5 heteroatoms. The molecule has 2 amide bonds. The Balaban J connectivity index is 1.56. The maximum atomic E-state index is 12.3. The Bertz CT molecular complexity index is 886. The molecule has 0 saturated heterocycles. The summed E-state index contributed by atoms with van der Waals surface area (Å²) in [6.07, 6.45) is 2.96. The first-order valence-corrected chi connectivity index (χ1v) is 8.77. The minimum Gasteiger partial charge on any atom is -0.361 e. The third-order valence-electron chi connectivity index (χ3n) is 4.36. The third-order valence-corrected chi connectivity index (χ3v) is 4.36. The number of aromatic amines is 1. The molecule has 0 spiro atoms. The number of carbonyl (C=O) groups excluding carboxylic acids is 2. The Morgan fingerprint density at radius 2 is 1.77 bits per heavy atom. The maximum absolute atomic E-state index is 12.3. The number of rotatable bonds is 7. The lowest BCUT2D eigenvalue weighted by atomic mass is 10.0. The molecule has 1 aromatic heterocycles. The number of para-hydroxylation sites is 1. The second kappa shape index (κ2) is 8.34. The average Bonchev–Trinajstić information content (AvgIpc) is 3.05. The number of hydrogen-bond donors (Lipinski definition) is 3. The lowest BCUT2D eigenvalue weighted by Crippen LogP contribution is -2.33. The van der Waals surface area contributed by atoms with Crippen molar-refractivity contribution in [3.05, 3.63) is 71.9 Å². The van der Waals surface area contributed by atoms with Gasteiger partial charge in [0.2, 0.25) is 11.8 Å². The molecule has 3 aromatic rings. The van der Waals surface area contributed by atoms with Crippen molar-refractivity contribution in [2.24, 2.45) is 0 Å². The lowest BCUT2D eigenvalue weighted by molar-refractivity contribution is -0.122. The highest BCUT2D eigenvalue weighted by molar-refractivity contribution is 5.83. The number of aromatic nitrogens is 1. The van der Waals surface area contributed by atoms with Crippen LogP contribution in [-0.4, -0.2) is 23.3 Å². The molecule has 0 aliphatic carbocycles. The first kappa shape index (κ1) is 17.7. The highest BCUT2D eigenvalue weighted by Gasteiger charge is 2.16. The molecule has 3 N–H and O–H groups in total. The number of hydrogen-bond acceptors (Lipinski definition) is 2. The second-order valence-electron chi connectivity index (χ2n) is 6.33. The van der Waals surface area contributed by atoms with E-state index in [0.29, 0.717) is 6.54 Å². The molecule has 1 unspecified atom stereocenters. The van der Waals surface area contributed by atoms with E-state index in [1.54, 1.807) is 0 Å². The Labute approximate surface area is 152 Å². The van der Waals surface area contributed by atoms with Crippen LogP contribution in [0.15, 0.2) is 60.8 Å². The maximum Gasteiger partial charge on any atom is 0.222 e. The summed E-state index contributed by atoms with van der Waals surface area (Å²) >= 11 is 0. The van der Waals surface area contributed by atoms with Crippen molar-refractivity contribution < 1.29 is 9.59 Å². The fraction of sp³-hybridized carbons (Fsp3) is 0.238. The predicted octanol–water partition coefficient (Wildman–Crippen LogP) is 3.09. The summed E-state index contributed by atoms with van der Waals surface area (Å²) in [6, 6.07) is 17.3. The van der Waals surface area contributed by atoms with Gasteiger partial charge in [0.15, 0.2) is 0 Å². The van der Waals surface area contributed by atoms with Crippen molar-refractivity contribution in [1.29, 1.82) is 0 Å². The van der Waals surface area contributed by atoms with E-state index in [1.807, 2.05) is 54.7 Å². The largest absolute Gasteiger partial charge is 0.361 e. The van der Waals surface area contributed by atoms with Crippen LogP contribution < -0.4 is 10.6 Å². The molecule has 5 nitrogen and oxygen atoms in total. The van der Waals surface area contributed by atoms with Crippen molar-refractivity contribution in [3.8, 4) is 0 Å². The van der Waals surface area contributed by atoms with Crippen molar-refractivity contribution in [1.82, 2.24) is 15.6 Å². The number of amides is 2. The molecule has 0 saturated carbocycles. The summed E-state index contributed by atoms with van der Waals surface area (Å²) in [5, 5.41) is 6.99. The van der Waals surface area contributed by atoms with Crippen LogP contribution in [-0.2, 0) is 16.0 Å². The monoisotopic (exact) mass is 349 g/mol. The van der Waals surface area contributed by atoms with Gasteiger partial charge >= 0.3 is 0 Å². The van der Waals surface area contributed by atoms with Crippen LogP contribution in [0, 0.1) is 0 Å². The van der Waals surface area contributed by atoms with E-state index in [9.17, 15) is 9.59 Å². The van der Waals surface area contributed by atoms with Crippen LogP contribution >= 0.6 is 0 Å². The molecule has 1 atom stereocenters. The SMILES string of the molecule is CC(=O)NC(CC(=O)NCCc1c[nH]c2ccccc12)c1ccccc1. The molecule has 0 aliphatic heterocycles. The Hall–Kier alpha value is -3.08. The normalized spacial score (nSPS) is 11.9. The average molecular weight is 349 g/mol. The van der Waals surface area contributed by atoms with Gasteiger partial charge in [-0.15, -0.1) is 0 Å². The molecular formula is C21H23N3O2. The van der Waals surface area contributed by atoms with E-state index in [-0.39, 0.29) is 24.3 Å². The van der Waals surface area contributed by atoms with E-state index in [4.69, 9.17) is 0 Å². The molecule has 3 rings (SSSR count). The van der Waals surface area contributed by atoms with Crippen molar-refractivity contribution in [3.63, 3.8) is 0 Å². The van der Waals surface area contributed by atoms with Gasteiger partial charge in [0.05, 0.1) is 12.5 Å². The van der Waals surface area contributed by atoms with Gasteiger partial charge in [0.1, 0.15) is 0 Å². The molecular weight excluding hydrogens is 326 g/mol. The van der Waals surface area contributed by atoms with E-state index in [0.717, 1.165) is 17.5 Å². The topological polar surface area (TPSA) is 74.0 Å². The fourth-order valence-corrected chi connectivity index (χ4v) is 3.12. The summed E-state index contributed by atoms with van der Waals surface area (Å²) in [5.74, 6) is -0.224. The zero-order chi connectivity index (χ0) is 18.4. The van der Waals surface area contributed by atoms with Gasteiger partial charge in [0, 0.05) is 30.6 Å². The summed E-state index contributed by atoms with van der Waals surface area (Å²) in [5.41, 5.74) is 3.21. The summed E-state index contributed by atoms with van der Waals surface area (Å²) < 4.78 is 0. The van der Waals surface area contributed by atoms with E-state index >= 15 is 0 Å². The lowest BCUT2D eigenvalue weighted by Gasteiger charge is -2.18. The van der Waals surface area contributed by atoms with Crippen molar-refractivity contribution in [2.45, 2.75) is 25.8 Å². The van der Waals surface area contributed by atoms with E-state index < -0.39 is 0 Å². The number of carbonyl (C=O) groups is 2. The minimum absolute atomic E-state index is 0.0764. The van der Waals surface area contributed by atoms with Crippen LogP contribution in [0.25, 0.3) is 10.9 Å². The van der Waals surface area contributed by atoms with E-state index in [1.165, 1.54) is 17.9 Å². The zero-order valence-electron chi connectivity index (χ0n) is 14.8. The first-order valence-electron chi connectivity index (χ1n) is 8.77. The number of nitrogens with one attached hydrogen (secondary N) is 3. The molecule has 0 aliphatic rings. The molecule has 0 bridgehead atoms. The Morgan fingerprint density at radius 1 is 1.04 bits per heavy atom. The van der Waals surface area contributed by atoms with Crippen LogP contribution in [0.2, 0.25) is 0 Å². The third kappa shape index (κ3) is 4.51. The van der Waals surface area contributed by atoms with Crippen LogP contribution in [0.1, 0.15) is 30.5 Å². The van der Waals surface area contributed by atoms with Gasteiger partial charge in [0.25, 0.3) is 0 Å². The van der Waals surface area contributed by atoms with Gasteiger partial charge in [-0.1, -0.05) is 48.5 Å². The molecule has 134 valence electrons. The quantitative estimate of drug-likeness (QED) is 0.613. The van der Waals surface area contributed by atoms with Crippen LogP contribution in [0.5, 0.6) is 0 Å². The molecule has 26 heavy (non-hydrogen) atoms. The van der Waals surface area contributed by atoms with Crippen molar-refractivity contribution in [2.75, 3.05) is 6.54 Å². The summed E-state index contributed by atoms with van der Waals surface area (Å²) in [7, 11) is 0. The van der Waals surface area contributed by atoms with Gasteiger partial charge in [-0.3, -0.25) is 9.59 Å². The smallest absolute Gasteiger partial charge is 0.222 e. The van der Waals surface area contributed by atoms with Crippen LogP contribution in [0.4, 0.5) is 0 Å².